The largest absolute Gasteiger partial charge is 0.460 e. The number of nitrogens with zero attached hydrogens (tertiary/aromatic N) is 1. The third-order valence-electron chi connectivity index (χ3n) is 8.22. The molecule has 0 aromatic rings. The first-order valence-electron chi connectivity index (χ1n) is 11.3. The maximum atomic E-state index is 12.1. The second-order valence-corrected chi connectivity index (χ2v) is 9.79. The Bertz CT molecular complexity index is 653. The van der Waals surface area contributed by atoms with Gasteiger partial charge < -0.3 is 14.2 Å². The number of rotatable bonds is 2. The highest BCUT2D eigenvalue weighted by Gasteiger charge is 2.58. The Morgan fingerprint density at radius 2 is 1.68 bits per heavy atom. The lowest BCUT2D eigenvalue weighted by molar-refractivity contribution is -0.147. The monoisotopic (exact) mass is 391 g/mol. The quantitative estimate of drug-likeness (QED) is 0.674. The molecule has 28 heavy (non-hydrogen) atoms. The molecule has 5 saturated heterocycles. The lowest BCUT2D eigenvalue weighted by Gasteiger charge is -2.38. The zero-order chi connectivity index (χ0) is 19.6. The van der Waals surface area contributed by atoms with Crippen molar-refractivity contribution < 1.29 is 23.8 Å². The molecule has 5 aliphatic heterocycles. The Balaban J connectivity index is 1.38. The van der Waals surface area contributed by atoms with Gasteiger partial charge in [-0.15, -0.1) is 0 Å². The number of hydrogen-bond donors (Lipinski definition) is 0. The van der Waals surface area contributed by atoms with E-state index in [0.29, 0.717) is 18.0 Å². The molecule has 5 aliphatic rings. The first-order valence-corrected chi connectivity index (χ1v) is 11.3. The summed E-state index contributed by atoms with van der Waals surface area (Å²) in [5.74, 6) is 0.476. The molecular formula is C22H33NO5. The second kappa shape index (κ2) is 6.98. The summed E-state index contributed by atoms with van der Waals surface area (Å²) in [5, 5.41) is 0. The first kappa shape index (κ1) is 18.9. The number of fused-ring (bicyclic) bond motifs is 2. The van der Waals surface area contributed by atoms with E-state index in [2.05, 4.69) is 11.8 Å². The van der Waals surface area contributed by atoms with Crippen LogP contribution in [0, 0.1) is 23.7 Å². The number of hydrogen-bond acceptors (Lipinski definition) is 6. The third kappa shape index (κ3) is 2.82. The smallest absolute Gasteiger partial charge is 0.311 e. The van der Waals surface area contributed by atoms with Crippen LogP contribution in [0.4, 0.5) is 0 Å². The van der Waals surface area contributed by atoms with E-state index in [-0.39, 0.29) is 54.1 Å². The van der Waals surface area contributed by atoms with Crippen molar-refractivity contribution in [1.82, 2.24) is 4.90 Å². The minimum absolute atomic E-state index is 0.0234. The Morgan fingerprint density at radius 1 is 0.893 bits per heavy atom. The molecule has 5 rings (SSSR count). The van der Waals surface area contributed by atoms with Gasteiger partial charge in [0.15, 0.2) is 0 Å². The summed E-state index contributed by atoms with van der Waals surface area (Å²) in [6.07, 6.45) is 6.63. The molecule has 0 spiro atoms. The van der Waals surface area contributed by atoms with Gasteiger partial charge in [-0.25, -0.2) is 0 Å². The zero-order valence-corrected chi connectivity index (χ0v) is 17.2. The standard InChI is InChI=1S/C22H33NO5/c1-11-10-17(27-21(11)24)16-8-7-15-14(6-4-5-9-23(15)16)18-13(3)26-19-12(2)22(25)28-20(18)19/h11-20H,4-10H2,1-3H3. The van der Waals surface area contributed by atoms with Gasteiger partial charge in [0, 0.05) is 18.0 Å². The maximum Gasteiger partial charge on any atom is 0.311 e. The molecule has 5 fully saturated rings. The van der Waals surface area contributed by atoms with E-state index in [1.807, 2.05) is 13.8 Å². The van der Waals surface area contributed by atoms with Gasteiger partial charge in [-0.05, 0) is 58.4 Å². The molecule has 0 aromatic carbocycles. The molecule has 0 saturated carbocycles. The number of carbonyl (C=O) groups excluding carboxylic acids is 2. The van der Waals surface area contributed by atoms with Crippen molar-refractivity contribution in [3.05, 3.63) is 0 Å². The van der Waals surface area contributed by atoms with Crippen molar-refractivity contribution in [2.45, 2.75) is 95.8 Å². The summed E-state index contributed by atoms with van der Waals surface area (Å²) in [7, 11) is 0. The van der Waals surface area contributed by atoms with Crippen LogP contribution >= 0.6 is 0 Å². The molecule has 6 nitrogen and oxygen atoms in total. The van der Waals surface area contributed by atoms with Crippen LogP contribution in [0.3, 0.4) is 0 Å². The molecule has 0 amide bonds. The van der Waals surface area contributed by atoms with Crippen LogP contribution in [-0.4, -0.2) is 59.9 Å². The molecule has 0 radical (unpaired) electrons. The summed E-state index contributed by atoms with van der Waals surface area (Å²) in [5.41, 5.74) is 0. The van der Waals surface area contributed by atoms with Gasteiger partial charge in [-0.1, -0.05) is 13.3 Å². The summed E-state index contributed by atoms with van der Waals surface area (Å²) >= 11 is 0. The number of esters is 2. The minimum Gasteiger partial charge on any atom is -0.460 e. The molecule has 0 bridgehead atoms. The first-order chi connectivity index (χ1) is 13.5. The predicted octanol–water partition coefficient (Wildman–Crippen LogP) is 2.54. The average molecular weight is 392 g/mol. The summed E-state index contributed by atoms with van der Waals surface area (Å²) in [6.45, 7) is 7.15. The minimum atomic E-state index is -0.157. The van der Waals surface area contributed by atoms with Gasteiger partial charge in [-0.2, -0.15) is 0 Å². The fraction of sp³-hybridized carbons (Fsp3) is 0.909. The second-order valence-electron chi connectivity index (χ2n) is 9.79. The van der Waals surface area contributed by atoms with Gasteiger partial charge in [0.2, 0.25) is 0 Å². The topological polar surface area (TPSA) is 65.1 Å². The Labute approximate surface area is 167 Å². The van der Waals surface area contributed by atoms with Crippen molar-refractivity contribution in [1.29, 1.82) is 0 Å². The zero-order valence-electron chi connectivity index (χ0n) is 17.2. The highest BCUT2D eigenvalue weighted by atomic mass is 16.6. The van der Waals surface area contributed by atoms with E-state index in [1.54, 1.807) is 0 Å². The Kier molecular flexibility index (Phi) is 4.70. The predicted molar refractivity (Wildman–Crippen MR) is 101 cm³/mol. The van der Waals surface area contributed by atoms with E-state index in [1.165, 1.54) is 19.3 Å². The lowest BCUT2D eigenvalue weighted by Crippen LogP contribution is -2.48. The van der Waals surface area contributed by atoms with Gasteiger partial charge in [0.05, 0.1) is 17.9 Å². The number of cyclic esters (lactones) is 1. The van der Waals surface area contributed by atoms with Gasteiger partial charge >= 0.3 is 11.9 Å². The fourth-order valence-corrected chi connectivity index (χ4v) is 6.84. The van der Waals surface area contributed by atoms with E-state index in [4.69, 9.17) is 14.2 Å². The van der Waals surface area contributed by atoms with Crippen molar-refractivity contribution >= 4 is 11.9 Å². The van der Waals surface area contributed by atoms with Crippen LogP contribution in [0.1, 0.15) is 59.3 Å². The van der Waals surface area contributed by atoms with Crippen LogP contribution in [-0.2, 0) is 23.8 Å². The number of ether oxygens (including phenoxy) is 3. The highest BCUT2D eigenvalue weighted by molar-refractivity contribution is 5.75. The molecule has 0 aliphatic carbocycles. The Morgan fingerprint density at radius 3 is 2.43 bits per heavy atom. The van der Waals surface area contributed by atoms with E-state index >= 15 is 0 Å². The highest BCUT2D eigenvalue weighted by Crippen LogP contribution is 2.49. The number of carbonyl (C=O) groups is 2. The fourth-order valence-electron chi connectivity index (χ4n) is 6.84. The van der Waals surface area contributed by atoms with E-state index in [0.717, 1.165) is 25.8 Å². The molecule has 156 valence electrons. The normalized spacial score (nSPS) is 51.5. The third-order valence-corrected chi connectivity index (χ3v) is 8.22. The maximum absolute atomic E-state index is 12.1. The summed E-state index contributed by atoms with van der Waals surface area (Å²) in [4.78, 5) is 26.8. The van der Waals surface area contributed by atoms with Crippen LogP contribution in [0.25, 0.3) is 0 Å². The molecule has 6 heteroatoms. The molecule has 10 atom stereocenters. The van der Waals surface area contributed by atoms with Crippen LogP contribution in [0.5, 0.6) is 0 Å². The summed E-state index contributed by atoms with van der Waals surface area (Å²) < 4.78 is 17.8. The van der Waals surface area contributed by atoms with Crippen molar-refractivity contribution in [3.8, 4) is 0 Å². The SMILES string of the molecule is CC1CC(C2CCC3C(C4C(C)OC5C(C)C(=O)OC54)CCCCN23)OC1=O. The van der Waals surface area contributed by atoms with Crippen LogP contribution in [0.2, 0.25) is 0 Å². The van der Waals surface area contributed by atoms with Crippen molar-refractivity contribution in [2.24, 2.45) is 23.7 Å². The molecule has 10 unspecified atom stereocenters. The Hall–Kier alpha value is -1.14. The molecule has 0 N–H and O–H groups in total. The van der Waals surface area contributed by atoms with Crippen molar-refractivity contribution in [2.75, 3.05) is 6.54 Å². The molecule has 0 aromatic heterocycles. The van der Waals surface area contributed by atoms with Crippen LogP contribution in [0.15, 0.2) is 0 Å². The van der Waals surface area contributed by atoms with E-state index in [9.17, 15) is 9.59 Å². The van der Waals surface area contributed by atoms with Gasteiger partial charge in [-0.3, -0.25) is 14.5 Å². The average Bonchev–Trinajstić information content (AvgIpc) is 3.33. The van der Waals surface area contributed by atoms with Gasteiger partial charge in [0.25, 0.3) is 0 Å². The molecular weight excluding hydrogens is 358 g/mol. The lowest BCUT2D eigenvalue weighted by atomic mass is 9.76. The van der Waals surface area contributed by atoms with Crippen molar-refractivity contribution in [3.63, 3.8) is 0 Å². The van der Waals surface area contributed by atoms with Crippen LogP contribution < -0.4 is 0 Å². The van der Waals surface area contributed by atoms with Gasteiger partial charge in [0.1, 0.15) is 18.3 Å². The summed E-state index contributed by atoms with van der Waals surface area (Å²) in [6, 6.07) is 0.824. The molecule has 5 heterocycles. The van der Waals surface area contributed by atoms with E-state index < -0.39 is 0 Å².